The van der Waals surface area contributed by atoms with Gasteiger partial charge in [-0.1, -0.05) is 29.8 Å². The monoisotopic (exact) mass is 417 g/mol. The first-order chi connectivity index (χ1) is 14.6. The molecule has 0 fully saturated rings. The van der Waals surface area contributed by atoms with Gasteiger partial charge in [0.15, 0.2) is 0 Å². The van der Waals surface area contributed by atoms with Crippen LogP contribution in [0.1, 0.15) is 20.8 Å². The minimum Gasteiger partial charge on any atom is -0.322 e. The van der Waals surface area contributed by atoms with Crippen molar-refractivity contribution in [2.24, 2.45) is 0 Å². The third-order valence-electron chi connectivity index (χ3n) is 4.25. The van der Waals surface area contributed by atoms with Gasteiger partial charge in [0, 0.05) is 29.8 Å². The number of rotatable bonds is 5. The SMILES string of the molecule is O=C(Nc1ccccc1)c1ccc(Cl)c(NC(=O)c2cc(-n3cccn3)ccn2)c1. The molecule has 30 heavy (non-hydrogen) atoms. The van der Waals surface area contributed by atoms with E-state index in [-0.39, 0.29) is 11.6 Å². The highest BCUT2D eigenvalue weighted by atomic mass is 35.5. The summed E-state index contributed by atoms with van der Waals surface area (Å²) in [5.74, 6) is -0.765. The second kappa shape index (κ2) is 8.59. The minimum absolute atomic E-state index is 0.193. The number of nitrogens with zero attached hydrogens (tertiary/aromatic N) is 3. The summed E-state index contributed by atoms with van der Waals surface area (Å²) < 4.78 is 1.62. The molecule has 0 aliphatic carbocycles. The first kappa shape index (κ1) is 19.4. The van der Waals surface area contributed by atoms with Gasteiger partial charge in [-0.25, -0.2) is 4.68 Å². The molecule has 2 heterocycles. The second-order valence-electron chi connectivity index (χ2n) is 6.32. The fraction of sp³-hybridized carbons (Fsp3) is 0. The van der Waals surface area contributed by atoms with Gasteiger partial charge in [-0.2, -0.15) is 5.10 Å². The maximum Gasteiger partial charge on any atom is 0.274 e. The number of carbonyl (C=O) groups excluding carboxylic acids is 2. The van der Waals surface area contributed by atoms with Gasteiger partial charge >= 0.3 is 0 Å². The van der Waals surface area contributed by atoms with Crippen molar-refractivity contribution in [3.63, 3.8) is 0 Å². The number of para-hydroxylation sites is 1. The number of hydrogen-bond acceptors (Lipinski definition) is 4. The Morgan fingerprint density at radius 1 is 0.867 bits per heavy atom. The standard InChI is InChI=1S/C22H16ClN5O2/c23-18-8-7-15(21(29)26-16-5-2-1-3-6-16)13-19(18)27-22(30)20-14-17(9-11-24-20)28-12-4-10-25-28/h1-14H,(H,26,29)(H,27,30). The number of halogens is 1. The first-order valence-electron chi connectivity index (χ1n) is 9.03. The summed E-state index contributed by atoms with van der Waals surface area (Å²) in [6.07, 6.45) is 4.94. The number of aromatic nitrogens is 3. The molecule has 2 N–H and O–H groups in total. The topological polar surface area (TPSA) is 88.9 Å². The van der Waals surface area contributed by atoms with Crippen LogP contribution < -0.4 is 10.6 Å². The quantitative estimate of drug-likeness (QED) is 0.503. The van der Waals surface area contributed by atoms with E-state index in [1.54, 1.807) is 59.5 Å². The summed E-state index contributed by atoms with van der Waals surface area (Å²) in [5, 5.41) is 9.96. The smallest absolute Gasteiger partial charge is 0.274 e. The van der Waals surface area contributed by atoms with E-state index >= 15 is 0 Å². The van der Waals surface area contributed by atoms with Crippen LogP contribution in [0.4, 0.5) is 11.4 Å². The Bertz CT molecular complexity index is 1190. The Morgan fingerprint density at radius 2 is 1.70 bits per heavy atom. The number of amides is 2. The molecule has 2 aromatic carbocycles. The second-order valence-corrected chi connectivity index (χ2v) is 6.73. The zero-order valence-electron chi connectivity index (χ0n) is 15.6. The molecule has 0 spiro atoms. The maximum absolute atomic E-state index is 12.7. The van der Waals surface area contributed by atoms with Crippen LogP contribution in [-0.2, 0) is 0 Å². The van der Waals surface area contributed by atoms with Gasteiger partial charge in [0.25, 0.3) is 11.8 Å². The lowest BCUT2D eigenvalue weighted by atomic mass is 10.1. The highest BCUT2D eigenvalue weighted by molar-refractivity contribution is 6.34. The fourth-order valence-electron chi connectivity index (χ4n) is 2.78. The van der Waals surface area contributed by atoms with E-state index in [1.165, 1.54) is 12.3 Å². The molecule has 0 saturated carbocycles. The predicted molar refractivity (Wildman–Crippen MR) is 115 cm³/mol. The fourth-order valence-corrected chi connectivity index (χ4v) is 2.95. The number of anilines is 2. The summed E-state index contributed by atoms with van der Waals surface area (Å²) in [6.45, 7) is 0. The van der Waals surface area contributed by atoms with Crippen molar-refractivity contribution in [1.82, 2.24) is 14.8 Å². The van der Waals surface area contributed by atoms with E-state index in [0.717, 1.165) is 0 Å². The third-order valence-corrected chi connectivity index (χ3v) is 4.58. The molecule has 0 aliphatic rings. The summed E-state index contributed by atoms with van der Waals surface area (Å²) >= 11 is 6.22. The van der Waals surface area contributed by atoms with Gasteiger partial charge in [0.1, 0.15) is 5.69 Å². The lowest BCUT2D eigenvalue weighted by Gasteiger charge is -2.10. The van der Waals surface area contributed by atoms with E-state index in [9.17, 15) is 9.59 Å². The minimum atomic E-state index is -0.452. The van der Waals surface area contributed by atoms with Crippen molar-refractivity contribution >= 4 is 34.8 Å². The van der Waals surface area contributed by atoms with Crippen LogP contribution in [-0.4, -0.2) is 26.6 Å². The van der Waals surface area contributed by atoms with Crippen molar-refractivity contribution < 1.29 is 9.59 Å². The maximum atomic E-state index is 12.7. The Labute approximate surface area is 177 Å². The Balaban J connectivity index is 1.53. The summed E-state index contributed by atoms with van der Waals surface area (Å²) in [4.78, 5) is 29.3. The van der Waals surface area contributed by atoms with Gasteiger partial charge in [0.05, 0.1) is 16.4 Å². The molecule has 0 unspecified atom stereocenters. The molecule has 2 aromatic heterocycles. The van der Waals surface area contributed by atoms with Crippen molar-refractivity contribution in [3.05, 3.63) is 102 Å². The van der Waals surface area contributed by atoms with Crippen LogP contribution in [0.5, 0.6) is 0 Å². The number of carbonyl (C=O) groups is 2. The highest BCUT2D eigenvalue weighted by Crippen LogP contribution is 2.24. The van der Waals surface area contributed by atoms with Crippen molar-refractivity contribution in [3.8, 4) is 5.69 Å². The van der Waals surface area contributed by atoms with E-state index < -0.39 is 5.91 Å². The predicted octanol–water partition coefficient (Wildman–Crippen LogP) is 4.43. The zero-order valence-corrected chi connectivity index (χ0v) is 16.4. The zero-order chi connectivity index (χ0) is 20.9. The molecule has 4 aromatic rings. The van der Waals surface area contributed by atoms with E-state index in [4.69, 9.17) is 11.6 Å². The average Bonchev–Trinajstić information content (AvgIpc) is 3.31. The largest absolute Gasteiger partial charge is 0.322 e. The third kappa shape index (κ3) is 4.37. The van der Waals surface area contributed by atoms with E-state index in [2.05, 4.69) is 20.7 Å². The molecule has 0 radical (unpaired) electrons. The molecule has 0 saturated heterocycles. The van der Waals surface area contributed by atoms with Crippen molar-refractivity contribution in [2.45, 2.75) is 0 Å². The molecule has 0 atom stereocenters. The molecular formula is C22H16ClN5O2. The molecule has 0 aliphatic heterocycles. The summed E-state index contributed by atoms with van der Waals surface area (Å²) in [5.41, 5.74) is 2.23. The highest BCUT2D eigenvalue weighted by Gasteiger charge is 2.14. The van der Waals surface area contributed by atoms with Gasteiger partial charge < -0.3 is 10.6 Å². The van der Waals surface area contributed by atoms with Gasteiger partial charge in [-0.05, 0) is 48.5 Å². The van der Waals surface area contributed by atoms with Gasteiger partial charge in [-0.15, -0.1) is 0 Å². The van der Waals surface area contributed by atoms with E-state index in [1.807, 2.05) is 18.2 Å². The van der Waals surface area contributed by atoms with Crippen LogP contribution in [0.2, 0.25) is 5.02 Å². The lowest BCUT2D eigenvalue weighted by molar-refractivity contribution is 0.101. The first-order valence-corrected chi connectivity index (χ1v) is 9.41. The summed E-state index contributed by atoms with van der Waals surface area (Å²) in [6, 6.07) is 18.9. The van der Waals surface area contributed by atoms with Gasteiger partial charge in [-0.3, -0.25) is 14.6 Å². The van der Waals surface area contributed by atoms with Crippen molar-refractivity contribution in [2.75, 3.05) is 10.6 Å². The Morgan fingerprint density at radius 3 is 2.47 bits per heavy atom. The molecule has 148 valence electrons. The molecule has 4 rings (SSSR count). The molecule has 0 bridgehead atoms. The van der Waals surface area contributed by atoms with Crippen LogP contribution in [0.25, 0.3) is 5.69 Å². The van der Waals surface area contributed by atoms with Crippen LogP contribution in [0, 0.1) is 0 Å². The molecule has 8 heteroatoms. The van der Waals surface area contributed by atoms with Crippen LogP contribution >= 0.6 is 11.6 Å². The van der Waals surface area contributed by atoms with Crippen molar-refractivity contribution in [1.29, 1.82) is 0 Å². The molecular weight excluding hydrogens is 402 g/mol. The van der Waals surface area contributed by atoms with Crippen LogP contribution in [0.3, 0.4) is 0 Å². The lowest BCUT2D eigenvalue weighted by Crippen LogP contribution is -2.16. The number of hydrogen-bond donors (Lipinski definition) is 2. The normalized spacial score (nSPS) is 10.4. The molecule has 2 amide bonds. The summed E-state index contributed by atoms with van der Waals surface area (Å²) in [7, 11) is 0. The Kier molecular flexibility index (Phi) is 5.54. The van der Waals surface area contributed by atoms with E-state index in [0.29, 0.717) is 27.6 Å². The number of nitrogens with one attached hydrogen (secondary N) is 2. The van der Waals surface area contributed by atoms with Gasteiger partial charge in [0.2, 0.25) is 0 Å². The number of pyridine rings is 1. The molecule has 7 nitrogen and oxygen atoms in total. The Hall–Kier alpha value is -3.97. The average molecular weight is 418 g/mol. The number of benzene rings is 2. The van der Waals surface area contributed by atoms with Crippen LogP contribution in [0.15, 0.2) is 85.3 Å².